The zero-order valence-electron chi connectivity index (χ0n) is 14.8. The van der Waals surface area contributed by atoms with Gasteiger partial charge in [-0.3, -0.25) is 4.79 Å². The second kappa shape index (κ2) is 5.77. The molecule has 0 saturated heterocycles. The summed E-state index contributed by atoms with van der Waals surface area (Å²) in [5.41, 5.74) is 2.73. The molecule has 7 nitrogen and oxygen atoms in total. The van der Waals surface area contributed by atoms with Crippen molar-refractivity contribution < 1.29 is 23.7 Å². The average molecular weight is 364 g/mol. The molecule has 2 aromatic carbocycles. The second-order valence-electron chi connectivity index (χ2n) is 6.52. The van der Waals surface area contributed by atoms with Gasteiger partial charge in [0.05, 0.1) is 10.9 Å². The van der Waals surface area contributed by atoms with Gasteiger partial charge < -0.3 is 23.8 Å². The SMILES string of the molecule is CN(C)C(=O)c1cc(-c2ccc3c(c2)OCO3)c2c3c(ccc2n1)OCO3. The summed E-state index contributed by atoms with van der Waals surface area (Å²) in [4.78, 5) is 18.6. The summed E-state index contributed by atoms with van der Waals surface area (Å²) < 4.78 is 22.1. The Morgan fingerprint density at radius 3 is 2.52 bits per heavy atom. The molecule has 27 heavy (non-hydrogen) atoms. The number of fused-ring (bicyclic) bond motifs is 4. The molecule has 0 spiro atoms. The first-order valence-corrected chi connectivity index (χ1v) is 8.47. The van der Waals surface area contributed by atoms with E-state index in [9.17, 15) is 4.79 Å². The van der Waals surface area contributed by atoms with Crippen LogP contribution in [-0.2, 0) is 0 Å². The van der Waals surface area contributed by atoms with Gasteiger partial charge in [0.1, 0.15) is 5.69 Å². The maximum Gasteiger partial charge on any atom is 0.271 e. The predicted octanol–water partition coefficient (Wildman–Crippen LogP) is 3.06. The molecule has 7 heteroatoms. The van der Waals surface area contributed by atoms with Crippen LogP contribution >= 0.6 is 0 Å². The maximum absolute atomic E-state index is 12.6. The van der Waals surface area contributed by atoms with Crippen molar-refractivity contribution in [2.45, 2.75) is 0 Å². The summed E-state index contributed by atoms with van der Waals surface area (Å²) in [5, 5.41) is 0.805. The Morgan fingerprint density at radius 2 is 1.67 bits per heavy atom. The fourth-order valence-electron chi connectivity index (χ4n) is 3.32. The summed E-state index contributed by atoms with van der Waals surface area (Å²) in [7, 11) is 3.40. The molecule has 3 aromatic rings. The van der Waals surface area contributed by atoms with Gasteiger partial charge in [-0.05, 0) is 41.5 Å². The Hall–Kier alpha value is -3.48. The van der Waals surface area contributed by atoms with E-state index in [-0.39, 0.29) is 19.5 Å². The standard InChI is InChI=1S/C20H16N2O5/c1-22(2)20(23)14-8-12(11-3-5-15-17(7-11)26-9-24-15)18-13(21-14)4-6-16-19(18)27-10-25-16/h3-8H,9-10H2,1-2H3. The van der Waals surface area contributed by atoms with Gasteiger partial charge in [-0.2, -0.15) is 0 Å². The number of ether oxygens (including phenoxy) is 4. The number of benzene rings is 2. The van der Waals surface area contributed by atoms with E-state index in [1.807, 2.05) is 30.3 Å². The molecule has 1 amide bonds. The van der Waals surface area contributed by atoms with E-state index in [0.717, 1.165) is 16.5 Å². The van der Waals surface area contributed by atoms with Crippen molar-refractivity contribution in [2.75, 3.05) is 27.7 Å². The van der Waals surface area contributed by atoms with Gasteiger partial charge in [0, 0.05) is 14.1 Å². The van der Waals surface area contributed by atoms with Crippen LogP contribution in [0.3, 0.4) is 0 Å². The van der Waals surface area contributed by atoms with Gasteiger partial charge in [-0.15, -0.1) is 0 Å². The van der Waals surface area contributed by atoms with E-state index in [1.54, 1.807) is 20.2 Å². The monoisotopic (exact) mass is 364 g/mol. The largest absolute Gasteiger partial charge is 0.454 e. The molecule has 1 aromatic heterocycles. The van der Waals surface area contributed by atoms with E-state index in [2.05, 4.69) is 4.98 Å². The number of carbonyl (C=O) groups is 1. The molecule has 0 aliphatic carbocycles. The highest BCUT2D eigenvalue weighted by molar-refractivity contribution is 6.05. The van der Waals surface area contributed by atoms with E-state index < -0.39 is 0 Å². The highest BCUT2D eigenvalue weighted by Gasteiger charge is 2.24. The first-order chi connectivity index (χ1) is 13.1. The zero-order valence-corrected chi connectivity index (χ0v) is 14.8. The number of aromatic nitrogens is 1. The Bertz CT molecular complexity index is 1090. The Morgan fingerprint density at radius 1 is 0.926 bits per heavy atom. The number of hydrogen-bond acceptors (Lipinski definition) is 6. The topological polar surface area (TPSA) is 70.1 Å². The van der Waals surface area contributed by atoms with Crippen LogP contribution in [-0.4, -0.2) is 43.5 Å². The van der Waals surface area contributed by atoms with Crippen molar-refractivity contribution in [2.24, 2.45) is 0 Å². The van der Waals surface area contributed by atoms with Gasteiger partial charge in [0.15, 0.2) is 23.0 Å². The predicted molar refractivity (Wildman–Crippen MR) is 97.4 cm³/mol. The molecule has 0 N–H and O–H groups in total. The molecule has 136 valence electrons. The van der Waals surface area contributed by atoms with Crippen LogP contribution in [0.25, 0.3) is 22.0 Å². The van der Waals surface area contributed by atoms with Crippen LogP contribution in [0.2, 0.25) is 0 Å². The lowest BCUT2D eigenvalue weighted by Crippen LogP contribution is -2.22. The number of amides is 1. The summed E-state index contributed by atoms with van der Waals surface area (Å²) in [6.07, 6.45) is 0. The average Bonchev–Trinajstić information content (AvgIpc) is 3.34. The van der Waals surface area contributed by atoms with Crippen LogP contribution in [0.15, 0.2) is 36.4 Å². The third-order valence-corrected chi connectivity index (χ3v) is 4.62. The van der Waals surface area contributed by atoms with Crippen molar-refractivity contribution >= 4 is 16.8 Å². The Kier molecular flexibility index (Phi) is 3.36. The lowest BCUT2D eigenvalue weighted by atomic mass is 9.98. The first-order valence-electron chi connectivity index (χ1n) is 8.47. The lowest BCUT2D eigenvalue weighted by molar-refractivity contribution is 0.0822. The second-order valence-corrected chi connectivity index (χ2v) is 6.52. The van der Waals surface area contributed by atoms with Crippen LogP contribution in [0.4, 0.5) is 0 Å². The fraction of sp³-hybridized carbons (Fsp3) is 0.200. The third kappa shape index (κ3) is 2.43. The minimum Gasteiger partial charge on any atom is -0.454 e. The van der Waals surface area contributed by atoms with Crippen molar-refractivity contribution in [1.29, 1.82) is 0 Å². The minimum absolute atomic E-state index is 0.160. The maximum atomic E-state index is 12.6. The number of rotatable bonds is 2. The smallest absolute Gasteiger partial charge is 0.271 e. The normalized spacial score (nSPS) is 13.9. The zero-order chi connectivity index (χ0) is 18.5. The molecule has 2 aliphatic heterocycles. The number of nitrogens with zero attached hydrogens (tertiary/aromatic N) is 2. The fourth-order valence-corrected chi connectivity index (χ4v) is 3.32. The van der Waals surface area contributed by atoms with Crippen molar-refractivity contribution in [3.63, 3.8) is 0 Å². The molecule has 0 fully saturated rings. The molecule has 5 rings (SSSR count). The van der Waals surface area contributed by atoms with E-state index in [4.69, 9.17) is 18.9 Å². The molecule has 0 unspecified atom stereocenters. The molecule has 2 aliphatic rings. The highest BCUT2D eigenvalue weighted by atomic mass is 16.7. The molecule has 0 saturated carbocycles. The van der Waals surface area contributed by atoms with Crippen molar-refractivity contribution in [3.05, 3.63) is 42.1 Å². The van der Waals surface area contributed by atoms with Crippen LogP contribution in [0.1, 0.15) is 10.5 Å². The van der Waals surface area contributed by atoms with Crippen LogP contribution < -0.4 is 18.9 Å². The van der Waals surface area contributed by atoms with Crippen LogP contribution in [0.5, 0.6) is 23.0 Å². The molecular weight excluding hydrogens is 348 g/mol. The van der Waals surface area contributed by atoms with E-state index in [1.165, 1.54) is 4.90 Å². The summed E-state index contributed by atoms with van der Waals surface area (Å²) in [6.45, 7) is 0.361. The third-order valence-electron chi connectivity index (χ3n) is 4.62. The lowest BCUT2D eigenvalue weighted by Gasteiger charge is -2.14. The van der Waals surface area contributed by atoms with Gasteiger partial charge in [-0.25, -0.2) is 4.98 Å². The van der Waals surface area contributed by atoms with Gasteiger partial charge >= 0.3 is 0 Å². The molecule has 3 heterocycles. The van der Waals surface area contributed by atoms with Crippen molar-refractivity contribution in [3.8, 4) is 34.1 Å². The summed E-state index contributed by atoms with van der Waals surface area (Å²) in [5.74, 6) is 2.50. The Balaban J connectivity index is 1.80. The summed E-state index contributed by atoms with van der Waals surface area (Å²) >= 11 is 0. The van der Waals surface area contributed by atoms with Crippen molar-refractivity contribution in [1.82, 2.24) is 9.88 Å². The molecule has 0 bridgehead atoms. The molecular formula is C20H16N2O5. The molecule has 0 radical (unpaired) electrons. The van der Waals surface area contributed by atoms with Gasteiger partial charge in [-0.1, -0.05) is 6.07 Å². The quantitative estimate of drug-likeness (QED) is 0.696. The van der Waals surface area contributed by atoms with E-state index in [0.29, 0.717) is 34.2 Å². The number of hydrogen-bond donors (Lipinski definition) is 0. The van der Waals surface area contributed by atoms with Gasteiger partial charge in [0.2, 0.25) is 13.6 Å². The number of carbonyl (C=O) groups excluding carboxylic acids is 1. The minimum atomic E-state index is -0.170. The van der Waals surface area contributed by atoms with Gasteiger partial charge in [0.25, 0.3) is 5.91 Å². The molecule has 0 atom stereocenters. The van der Waals surface area contributed by atoms with E-state index >= 15 is 0 Å². The highest BCUT2D eigenvalue weighted by Crippen LogP contribution is 2.45. The summed E-state index contributed by atoms with van der Waals surface area (Å²) in [6, 6.07) is 11.1. The van der Waals surface area contributed by atoms with Crippen LogP contribution in [0, 0.1) is 0 Å². The first kappa shape index (κ1) is 15.7. The Labute approximate surface area is 155 Å². The number of pyridine rings is 1.